The zero-order valence-corrected chi connectivity index (χ0v) is 11.3. The number of ether oxygens (including phenoxy) is 1. The first-order valence-electron chi connectivity index (χ1n) is 6.19. The second kappa shape index (κ2) is 6.21. The van der Waals surface area contributed by atoms with E-state index in [1.807, 2.05) is 0 Å². The number of para-hydroxylation sites is 1. The highest BCUT2D eigenvalue weighted by atomic mass is 19.1. The van der Waals surface area contributed by atoms with Gasteiger partial charge in [0.2, 0.25) is 0 Å². The van der Waals surface area contributed by atoms with E-state index in [0.717, 1.165) is 23.8 Å². The van der Waals surface area contributed by atoms with Gasteiger partial charge in [-0.3, -0.25) is 4.79 Å². The number of carbonyl (C=O) groups is 1. The topological polar surface area (TPSA) is 64.3 Å². The highest BCUT2D eigenvalue weighted by Gasteiger charge is 2.09. The molecule has 2 rings (SSSR count). The molecule has 0 spiro atoms. The van der Waals surface area contributed by atoms with E-state index < -0.39 is 17.5 Å². The molecule has 6 heteroatoms. The first-order chi connectivity index (χ1) is 9.95. The second-order valence-corrected chi connectivity index (χ2v) is 4.48. The molecule has 2 aromatic rings. The van der Waals surface area contributed by atoms with Crippen LogP contribution in [0.3, 0.4) is 0 Å². The number of halogens is 2. The van der Waals surface area contributed by atoms with E-state index in [1.54, 1.807) is 25.1 Å². The Labute approximate surface area is 120 Å². The van der Waals surface area contributed by atoms with Crippen LogP contribution in [-0.4, -0.2) is 12.5 Å². The van der Waals surface area contributed by atoms with Gasteiger partial charge >= 0.3 is 0 Å². The number of rotatable bonds is 4. The van der Waals surface area contributed by atoms with Gasteiger partial charge in [0.25, 0.3) is 5.91 Å². The van der Waals surface area contributed by atoms with E-state index in [0.29, 0.717) is 11.4 Å². The maximum Gasteiger partial charge on any atom is 0.262 e. The minimum absolute atomic E-state index is 0.0552. The fraction of sp³-hybridized carbons (Fsp3) is 0.133. The Kier molecular flexibility index (Phi) is 4.37. The van der Waals surface area contributed by atoms with Crippen molar-refractivity contribution in [2.24, 2.45) is 0 Å². The molecule has 0 heterocycles. The molecule has 0 aliphatic heterocycles. The fourth-order valence-electron chi connectivity index (χ4n) is 1.80. The van der Waals surface area contributed by atoms with Crippen molar-refractivity contribution in [2.75, 3.05) is 17.7 Å². The molecular formula is C15H14F2N2O2. The summed E-state index contributed by atoms with van der Waals surface area (Å²) in [6.07, 6.45) is 0. The second-order valence-electron chi connectivity index (χ2n) is 4.48. The minimum Gasteiger partial charge on any atom is -0.484 e. The molecule has 110 valence electrons. The number of nitrogen functional groups attached to an aromatic ring is 1. The number of anilines is 2. The van der Waals surface area contributed by atoms with E-state index in [2.05, 4.69) is 5.32 Å². The van der Waals surface area contributed by atoms with Gasteiger partial charge in [-0.2, -0.15) is 0 Å². The molecule has 0 fully saturated rings. The number of hydrogen-bond donors (Lipinski definition) is 2. The number of hydrogen-bond acceptors (Lipinski definition) is 3. The molecule has 0 aromatic heterocycles. The average molecular weight is 292 g/mol. The number of carbonyl (C=O) groups excluding carboxylic acids is 1. The lowest BCUT2D eigenvalue weighted by atomic mass is 10.1. The van der Waals surface area contributed by atoms with Gasteiger partial charge < -0.3 is 15.8 Å². The summed E-state index contributed by atoms with van der Waals surface area (Å²) in [6, 6.07) is 7.95. The summed E-state index contributed by atoms with van der Waals surface area (Å²) < 4.78 is 31.0. The van der Waals surface area contributed by atoms with Crippen LogP contribution in [-0.2, 0) is 4.79 Å². The zero-order chi connectivity index (χ0) is 15.4. The molecule has 3 N–H and O–H groups in total. The SMILES string of the molecule is Cc1cccc(N)c1NC(=O)COc1cc(F)cc(F)c1. The Balaban J connectivity index is 1.99. The lowest BCUT2D eigenvalue weighted by Crippen LogP contribution is -2.21. The third kappa shape index (κ3) is 3.92. The molecule has 0 saturated carbocycles. The summed E-state index contributed by atoms with van der Waals surface area (Å²) >= 11 is 0. The summed E-state index contributed by atoms with van der Waals surface area (Å²) in [6.45, 7) is 1.42. The van der Waals surface area contributed by atoms with Crippen molar-refractivity contribution in [2.45, 2.75) is 6.92 Å². The molecular weight excluding hydrogens is 278 g/mol. The first-order valence-corrected chi connectivity index (χ1v) is 6.19. The lowest BCUT2D eigenvalue weighted by Gasteiger charge is -2.11. The van der Waals surface area contributed by atoms with Crippen LogP contribution < -0.4 is 15.8 Å². The maximum absolute atomic E-state index is 13.0. The van der Waals surface area contributed by atoms with Crippen LogP contribution in [0.2, 0.25) is 0 Å². The standard InChI is InChI=1S/C15H14F2N2O2/c1-9-3-2-4-13(18)15(9)19-14(20)8-21-12-6-10(16)5-11(17)7-12/h2-7H,8,18H2,1H3,(H,19,20). The third-order valence-electron chi connectivity index (χ3n) is 2.78. The van der Waals surface area contributed by atoms with Crippen molar-refractivity contribution in [3.05, 3.63) is 53.6 Å². The van der Waals surface area contributed by atoms with Crippen LogP contribution in [0.1, 0.15) is 5.56 Å². The zero-order valence-electron chi connectivity index (χ0n) is 11.3. The van der Waals surface area contributed by atoms with E-state index in [1.165, 1.54) is 0 Å². The van der Waals surface area contributed by atoms with E-state index in [-0.39, 0.29) is 12.4 Å². The largest absolute Gasteiger partial charge is 0.484 e. The molecule has 0 radical (unpaired) electrons. The monoisotopic (exact) mass is 292 g/mol. The van der Waals surface area contributed by atoms with Gasteiger partial charge in [0, 0.05) is 18.2 Å². The van der Waals surface area contributed by atoms with E-state index in [4.69, 9.17) is 10.5 Å². The number of aryl methyl sites for hydroxylation is 1. The third-order valence-corrected chi connectivity index (χ3v) is 2.78. The summed E-state index contributed by atoms with van der Waals surface area (Å²) in [4.78, 5) is 11.8. The number of benzene rings is 2. The quantitative estimate of drug-likeness (QED) is 0.852. The van der Waals surface area contributed by atoms with Crippen LogP contribution in [0.4, 0.5) is 20.2 Å². The Morgan fingerprint density at radius 1 is 1.24 bits per heavy atom. The van der Waals surface area contributed by atoms with Gasteiger partial charge in [-0.05, 0) is 18.6 Å². The summed E-state index contributed by atoms with van der Waals surface area (Å²) in [5.41, 5.74) is 7.50. The number of nitrogens with two attached hydrogens (primary N) is 1. The van der Waals surface area contributed by atoms with Gasteiger partial charge in [-0.15, -0.1) is 0 Å². The minimum atomic E-state index is -0.770. The maximum atomic E-state index is 13.0. The molecule has 4 nitrogen and oxygen atoms in total. The molecule has 21 heavy (non-hydrogen) atoms. The average Bonchev–Trinajstić information content (AvgIpc) is 2.40. The van der Waals surface area contributed by atoms with Gasteiger partial charge in [0.05, 0.1) is 11.4 Å². The van der Waals surface area contributed by atoms with E-state index >= 15 is 0 Å². The van der Waals surface area contributed by atoms with Crippen LogP contribution in [0.25, 0.3) is 0 Å². The van der Waals surface area contributed by atoms with Crippen LogP contribution >= 0.6 is 0 Å². The number of nitrogens with one attached hydrogen (secondary N) is 1. The molecule has 0 unspecified atom stereocenters. The molecule has 1 amide bonds. The molecule has 2 aromatic carbocycles. The number of amides is 1. The van der Waals surface area contributed by atoms with Crippen molar-refractivity contribution in [1.29, 1.82) is 0 Å². The van der Waals surface area contributed by atoms with Crippen LogP contribution in [0.15, 0.2) is 36.4 Å². The summed E-state index contributed by atoms with van der Waals surface area (Å²) in [5, 5.41) is 2.60. The normalized spacial score (nSPS) is 10.2. The van der Waals surface area contributed by atoms with Crippen molar-refractivity contribution < 1.29 is 18.3 Å². The predicted molar refractivity (Wildman–Crippen MR) is 76.1 cm³/mol. The predicted octanol–water partition coefficient (Wildman–Crippen LogP) is 2.87. The van der Waals surface area contributed by atoms with Gasteiger partial charge in [0.1, 0.15) is 17.4 Å². The molecule has 0 saturated heterocycles. The van der Waals surface area contributed by atoms with Gasteiger partial charge in [0.15, 0.2) is 6.61 Å². The van der Waals surface area contributed by atoms with Crippen molar-refractivity contribution in [3.8, 4) is 5.75 Å². The highest BCUT2D eigenvalue weighted by molar-refractivity contribution is 5.95. The van der Waals surface area contributed by atoms with Crippen LogP contribution in [0.5, 0.6) is 5.75 Å². The highest BCUT2D eigenvalue weighted by Crippen LogP contribution is 2.22. The van der Waals surface area contributed by atoms with Crippen molar-refractivity contribution in [3.63, 3.8) is 0 Å². The molecule has 0 aliphatic carbocycles. The van der Waals surface area contributed by atoms with Gasteiger partial charge in [-0.1, -0.05) is 12.1 Å². The Bertz CT molecular complexity index is 634. The van der Waals surface area contributed by atoms with Gasteiger partial charge in [-0.25, -0.2) is 8.78 Å². The molecule has 0 atom stereocenters. The van der Waals surface area contributed by atoms with Crippen LogP contribution in [0, 0.1) is 18.6 Å². The first kappa shape index (κ1) is 14.8. The smallest absolute Gasteiger partial charge is 0.262 e. The van der Waals surface area contributed by atoms with Crippen molar-refractivity contribution in [1.82, 2.24) is 0 Å². The summed E-state index contributed by atoms with van der Waals surface area (Å²) in [7, 11) is 0. The lowest BCUT2D eigenvalue weighted by molar-refractivity contribution is -0.118. The van der Waals surface area contributed by atoms with Crippen molar-refractivity contribution >= 4 is 17.3 Å². The Morgan fingerprint density at radius 2 is 1.90 bits per heavy atom. The molecule has 0 bridgehead atoms. The fourth-order valence-corrected chi connectivity index (χ4v) is 1.80. The summed E-state index contributed by atoms with van der Waals surface area (Å²) in [5.74, 6) is -2.07. The Morgan fingerprint density at radius 3 is 2.52 bits per heavy atom. The Hall–Kier alpha value is -2.63. The van der Waals surface area contributed by atoms with E-state index in [9.17, 15) is 13.6 Å². The molecule has 0 aliphatic rings.